The summed E-state index contributed by atoms with van der Waals surface area (Å²) in [4.78, 5) is 4.20. The second kappa shape index (κ2) is 5.01. The number of benzene rings is 1. The summed E-state index contributed by atoms with van der Waals surface area (Å²) in [6, 6.07) is 5.97. The number of rotatable bonds is 4. The lowest BCUT2D eigenvalue weighted by Gasteiger charge is -2.06. The third-order valence-electron chi connectivity index (χ3n) is 2.50. The van der Waals surface area contributed by atoms with E-state index in [4.69, 9.17) is 9.15 Å². The molecule has 0 saturated carbocycles. The minimum Gasteiger partial charge on any atom is -0.496 e. The molecule has 4 nitrogen and oxygen atoms in total. The van der Waals surface area contributed by atoms with Crippen LogP contribution in [0.25, 0.3) is 11.3 Å². The SMILES string of the molecule is CNCc1ncc(-c2cc(C)ccc2OC)o1. The number of ether oxygens (including phenoxy) is 1. The van der Waals surface area contributed by atoms with E-state index in [1.165, 1.54) is 0 Å². The topological polar surface area (TPSA) is 47.3 Å². The first-order valence-corrected chi connectivity index (χ1v) is 5.49. The number of methoxy groups -OCH3 is 1. The van der Waals surface area contributed by atoms with Crippen LogP contribution in [0.15, 0.2) is 28.8 Å². The van der Waals surface area contributed by atoms with E-state index in [-0.39, 0.29) is 0 Å². The Labute approximate surface area is 101 Å². The van der Waals surface area contributed by atoms with Gasteiger partial charge in [-0.2, -0.15) is 0 Å². The van der Waals surface area contributed by atoms with Crippen molar-refractivity contribution < 1.29 is 9.15 Å². The zero-order chi connectivity index (χ0) is 12.3. The zero-order valence-corrected chi connectivity index (χ0v) is 10.3. The zero-order valence-electron chi connectivity index (χ0n) is 10.3. The molecular formula is C13H16N2O2. The van der Waals surface area contributed by atoms with Crippen molar-refractivity contribution in [3.05, 3.63) is 35.9 Å². The van der Waals surface area contributed by atoms with Crippen molar-refractivity contribution >= 4 is 0 Å². The molecule has 90 valence electrons. The van der Waals surface area contributed by atoms with Crippen molar-refractivity contribution in [3.8, 4) is 17.1 Å². The maximum Gasteiger partial charge on any atom is 0.208 e. The molecule has 0 aliphatic rings. The van der Waals surface area contributed by atoms with Gasteiger partial charge in [-0.15, -0.1) is 0 Å². The summed E-state index contributed by atoms with van der Waals surface area (Å²) in [5.41, 5.74) is 2.09. The molecule has 0 aliphatic carbocycles. The van der Waals surface area contributed by atoms with E-state index in [0.717, 1.165) is 22.6 Å². The molecule has 1 heterocycles. The fraction of sp³-hybridized carbons (Fsp3) is 0.308. The van der Waals surface area contributed by atoms with Gasteiger partial charge in [-0.3, -0.25) is 0 Å². The molecule has 0 bridgehead atoms. The van der Waals surface area contributed by atoms with Crippen LogP contribution >= 0.6 is 0 Å². The molecule has 2 aromatic rings. The Kier molecular flexibility index (Phi) is 3.44. The summed E-state index contributed by atoms with van der Waals surface area (Å²) in [5, 5.41) is 3.00. The van der Waals surface area contributed by atoms with Crippen LogP contribution in [-0.2, 0) is 6.54 Å². The van der Waals surface area contributed by atoms with Crippen LogP contribution in [0.3, 0.4) is 0 Å². The van der Waals surface area contributed by atoms with Crippen molar-refractivity contribution in [1.82, 2.24) is 10.3 Å². The Balaban J connectivity index is 2.40. The predicted molar refractivity (Wildman–Crippen MR) is 66.0 cm³/mol. The van der Waals surface area contributed by atoms with Gasteiger partial charge in [0.05, 0.1) is 25.4 Å². The lowest BCUT2D eigenvalue weighted by molar-refractivity contribution is 0.413. The average molecular weight is 232 g/mol. The van der Waals surface area contributed by atoms with Gasteiger partial charge >= 0.3 is 0 Å². The monoisotopic (exact) mass is 232 g/mol. The first kappa shape index (κ1) is 11.7. The van der Waals surface area contributed by atoms with Crippen LogP contribution in [0.5, 0.6) is 5.75 Å². The molecule has 0 atom stereocenters. The van der Waals surface area contributed by atoms with Crippen LogP contribution < -0.4 is 10.1 Å². The fourth-order valence-corrected chi connectivity index (χ4v) is 1.68. The van der Waals surface area contributed by atoms with Gasteiger partial charge in [-0.1, -0.05) is 11.6 Å². The second-order valence-electron chi connectivity index (χ2n) is 3.85. The summed E-state index contributed by atoms with van der Waals surface area (Å²) in [6.07, 6.45) is 1.73. The van der Waals surface area contributed by atoms with Gasteiger partial charge in [-0.25, -0.2) is 4.98 Å². The molecule has 1 aromatic carbocycles. The molecule has 2 rings (SSSR count). The molecule has 17 heavy (non-hydrogen) atoms. The third kappa shape index (κ3) is 2.47. The van der Waals surface area contributed by atoms with Gasteiger partial charge in [-0.05, 0) is 26.1 Å². The molecule has 0 aliphatic heterocycles. The summed E-state index contributed by atoms with van der Waals surface area (Å²) >= 11 is 0. The number of oxazole rings is 1. The molecule has 0 fully saturated rings. The van der Waals surface area contributed by atoms with Gasteiger partial charge in [0.25, 0.3) is 0 Å². The van der Waals surface area contributed by atoms with Crippen LogP contribution in [0, 0.1) is 6.92 Å². The Morgan fingerprint density at radius 2 is 2.24 bits per heavy atom. The van der Waals surface area contributed by atoms with Crippen molar-refractivity contribution in [3.63, 3.8) is 0 Å². The van der Waals surface area contributed by atoms with E-state index in [0.29, 0.717) is 12.4 Å². The highest BCUT2D eigenvalue weighted by atomic mass is 16.5. The number of hydrogen-bond donors (Lipinski definition) is 1. The quantitative estimate of drug-likeness (QED) is 0.879. The highest BCUT2D eigenvalue weighted by molar-refractivity contribution is 5.66. The molecule has 1 N–H and O–H groups in total. The van der Waals surface area contributed by atoms with Crippen LogP contribution in [0.2, 0.25) is 0 Å². The Morgan fingerprint density at radius 1 is 1.41 bits per heavy atom. The number of hydrogen-bond acceptors (Lipinski definition) is 4. The third-order valence-corrected chi connectivity index (χ3v) is 2.50. The highest BCUT2D eigenvalue weighted by Gasteiger charge is 2.11. The summed E-state index contributed by atoms with van der Waals surface area (Å²) in [6.45, 7) is 2.65. The van der Waals surface area contributed by atoms with Gasteiger partial charge in [0.2, 0.25) is 5.89 Å². The van der Waals surface area contributed by atoms with E-state index < -0.39 is 0 Å². The lowest BCUT2D eigenvalue weighted by Crippen LogP contribution is -2.04. The summed E-state index contributed by atoms with van der Waals surface area (Å²) < 4.78 is 11.0. The molecule has 0 unspecified atom stereocenters. The number of nitrogens with zero attached hydrogens (tertiary/aromatic N) is 1. The van der Waals surface area contributed by atoms with E-state index >= 15 is 0 Å². The molecule has 0 radical (unpaired) electrons. The molecule has 0 saturated heterocycles. The smallest absolute Gasteiger partial charge is 0.208 e. The van der Waals surface area contributed by atoms with E-state index in [2.05, 4.69) is 10.3 Å². The normalized spacial score (nSPS) is 10.5. The van der Waals surface area contributed by atoms with Crippen molar-refractivity contribution in [2.45, 2.75) is 13.5 Å². The minimum absolute atomic E-state index is 0.619. The van der Waals surface area contributed by atoms with E-state index in [1.54, 1.807) is 13.3 Å². The minimum atomic E-state index is 0.619. The highest BCUT2D eigenvalue weighted by Crippen LogP contribution is 2.31. The Bertz CT molecular complexity index is 506. The standard InChI is InChI=1S/C13H16N2O2/c1-9-4-5-11(16-3)10(6-9)12-7-15-13(17-12)8-14-2/h4-7,14H,8H2,1-3H3. The maximum atomic E-state index is 5.65. The van der Waals surface area contributed by atoms with E-state index in [1.807, 2.05) is 32.2 Å². The molecule has 0 amide bonds. The number of aromatic nitrogens is 1. The van der Waals surface area contributed by atoms with Crippen LogP contribution in [-0.4, -0.2) is 19.1 Å². The first-order valence-electron chi connectivity index (χ1n) is 5.49. The van der Waals surface area contributed by atoms with Gasteiger partial charge in [0.1, 0.15) is 5.75 Å². The van der Waals surface area contributed by atoms with Crippen LogP contribution in [0.1, 0.15) is 11.5 Å². The lowest BCUT2D eigenvalue weighted by atomic mass is 10.1. The van der Waals surface area contributed by atoms with Gasteiger partial charge in [0.15, 0.2) is 5.76 Å². The summed E-state index contributed by atoms with van der Waals surface area (Å²) in [7, 11) is 3.51. The average Bonchev–Trinajstić information content (AvgIpc) is 2.78. The molecule has 0 spiro atoms. The second-order valence-corrected chi connectivity index (χ2v) is 3.85. The summed E-state index contributed by atoms with van der Waals surface area (Å²) in [5.74, 6) is 2.20. The first-order chi connectivity index (χ1) is 8.24. The number of aryl methyl sites for hydroxylation is 1. The number of nitrogens with one attached hydrogen (secondary N) is 1. The Morgan fingerprint density at radius 3 is 2.94 bits per heavy atom. The maximum absolute atomic E-state index is 5.65. The van der Waals surface area contributed by atoms with Gasteiger partial charge < -0.3 is 14.5 Å². The Hall–Kier alpha value is -1.81. The molecule has 4 heteroatoms. The van der Waals surface area contributed by atoms with E-state index in [9.17, 15) is 0 Å². The fourth-order valence-electron chi connectivity index (χ4n) is 1.68. The largest absolute Gasteiger partial charge is 0.496 e. The van der Waals surface area contributed by atoms with Crippen LogP contribution in [0.4, 0.5) is 0 Å². The van der Waals surface area contributed by atoms with Crippen molar-refractivity contribution in [2.75, 3.05) is 14.2 Å². The van der Waals surface area contributed by atoms with Crippen molar-refractivity contribution in [1.29, 1.82) is 0 Å². The van der Waals surface area contributed by atoms with Gasteiger partial charge in [0, 0.05) is 0 Å². The molecule has 1 aromatic heterocycles. The molecular weight excluding hydrogens is 216 g/mol. The predicted octanol–water partition coefficient (Wildman–Crippen LogP) is 2.38. The van der Waals surface area contributed by atoms with Crippen molar-refractivity contribution in [2.24, 2.45) is 0 Å².